The molecule has 0 bridgehead atoms. The topological polar surface area (TPSA) is 63.4 Å². The van der Waals surface area contributed by atoms with Crippen molar-refractivity contribution in [2.75, 3.05) is 13.1 Å². The minimum Gasteiger partial charge on any atom is -0.325 e. The summed E-state index contributed by atoms with van der Waals surface area (Å²) < 4.78 is 25.5. The van der Waals surface area contributed by atoms with E-state index in [0.717, 1.165) is 5.56 Å². The molecule has 0 unspecified atom stereocenters. The molecule has 2 rings (SSSR count). The second kappa shape index (κ2) is 3.59. The lowest BCUT2D eigenvalue weighted by Crippen LogP contribution is -2.57. The Balaban J connectivity index is 2.35. The first kappa shape index (κ1) is 10.6. The van der Waals surface area contributed by atoms with Gasteiger partial charge in [-0.25, -0.2) is 8.42 Å². The van der Waals surface area contributed by atoms with Crippen molar-refractivity contribution in [3.8, 4) is 0 Å². The van der Waals surface area contributed by atoms with E-state index in [1.807, 2.05) is 6.07 Å². The zero-order chi connectivity index (χ0) is 11.1. The summed E-state index contributed by atoms with van der Waals surface area (Å²) in [5.74, 6) is 0. The molecule has 0 aromatic heterocycles. The zero-order valence-corrected chi connectivity index (χ0v) is 9.37. The van der Waals surface area contributed by atoms with Crippen LogP contribution in [0.5, 0.6) is 0 Å². The molecule has 0 atom stereocenters. The lowest BCUT2D eigenvalue weighted by atomic mass is 10.2. The standard InChI is InChI=1S/C10H14N2O2S/c1-8-4-2-3-5-10(8)15(13,14)12-6-9(11)7-12/h2-5,9H,6-7,11H2,1H3. The molecule has 1 fully saturated rings. The highest BCUT2D eigenvalue weighted by molar-refractivity contribution is 7.89. The molecule has 0 spiro atoms. The number of sulfonamides is 1. The maximum Gasteiger partial charge on any atom is 0.243 e. The van der Waals surface area contributed by atoms with Gasteiger partial charge in [0.25, 0.3) is 0 Å². The number of hydrogen-bond donors (Lipinski definition) is 1. The van der Waals surface area contributed by atoms with Crippen LogP contribution in [0.4, 0.5) is 0 Å². The summed E-state index contributed by atoms with van der Waals surface area (Å²) in [5.41, 5.74) is 6.35. The van der Waals surface area contributed by atoms with E-state index in [-0.39, 0.29) is 6.04 Å². The molecule has 1 aliphatic rings. The third-order valence-electron chi connectivity index (χ3n) is 2.59. The first-order chi connectivity index (χ1) is 7.01. The minimum atomic E-state index is -3.31. The van der Waals surface area contributed by atoms with Gasteiger partial charge in [0.15, 0.2) is 0 Å². The van der Waals surface area contributed by atoms with Gasteiger partial charge >= 0.3 is 0 Å². The van der Waals surface area contributed by atoms with Crippen LogP contribution in [0.1, 0.15) is 5.56 Å². The second-order valence-corrected chi connectivity index (χ2v) is 5.75. The molecule has 0 radical (unpaired) electrons. The van der Waals surface area contributed by atoms with Crippen molar-refractivity contribution >= 4 is 10.0 Å². The molecule has 4 nitrogen and oxygen atoms in total. The normalized spacial score (nSPS) is 18.8. The van der Waals surface area contributed by atoms with E-state index in [0.29, 0.717) is 18.0 Å². The molecule has 1 aromatic rings. The fourth-order valence-electron chi connectivity index (χ4n) is 1.65. The Labute approximate surface area is 89.7 Å². The van der Waals surface area contributed by atoms with Gasteiger partial charge in [-0.2, -0.15) is 4.31 Å². The van der Waals surface area contributed by atoms with Crippen LogP contribution in [-0.2, 0) is 10.0 Å². The van der Waals surface area contributed by atoms with E-state index < -0.39 is 10.0 Å². The van der Waals surface area contributed by atoms with Gasteiger partial charge in [0.05, 0.1) is 4.90 Å². The van der Waals surface area contributed by atoms with E-state index in [2.05, 4.69) is 0 Å². The number of benzene rings is 1. The summed E-state index contributed by atoms with van der Waals surface area (Å²) in [5, 5.41) is 0. The average molecular weight is 226 g/mol. The molecule has 0 amide bonds. The molecule has 1 aliphatic heterocycles. The van der Waals surface area contributed by atoms with Crippen LogP contribution in [0.15, 0.2) is 29.2 Å². The van der Waals surface area contributed by atoms with E-state index in [9.17, 15) is 8.42 Å². The van der Waals surface area contributed by atoms with Gasteiger partial charge in [-0.05, 0) is 18.6 Å². The number of aryl methyl sites for hydroxylation is 1. The average Bonchev–Trinajstić information content (AvgIpc) is 2.13. The number of rotatable bonds is 2. The van der Waals surface area contributed by atoms with E-state index in [1.165, 1.54) is 4.31 Å². The number of nitrogens with zero attached hydrogens (tertiary/aromatic N) is 1. The SMILES string of the molecule is Cc1ccccc1S(=O)(=O)N1CC(N)C1. The van der Waals surface area contributed by atoms with Crippen molar-refractivity contribution in [1.29, 1.82) is 0 Å². The molecule has 82 valence electrons. The Morgan fingerprint density at radius 3 is 2.47 bits per heavy atom. The number of hydrogen-bond acceptors (Lipinski definition) is 3. The highest BCUT2D eigenvalue weighted by Gasteiger charge is 2.35. The van der Waals surface area contributed by atoms with Gasteiger partial charge in [-0.15, -0.1) is 0 Å². The smallest absolute Gasteiger partial charge is 0.243 e. The molecular weight excluding hydrogens is 212 g/mol. The number of nitrogens with two attached hydrogens (primary N) is 1. The fraction of sp³-hybridized carbons (Fsp3) is 0.400. The maximum absolute atomic E-state index is 12.1. The molecule has 15 heavy (non-hydrogen) atoms. The largest absolute Gasteiger partial charge is 0.325 e. The summed E-state index contributed by atoms with van der Waals surface area (Å²) in [4.78, 5) is 0.386. The van der Waals surface area contributed by atoms with Crippen LogP contribution in [0.25, 0.3) is 0 Å². The van der Waals surface area contributed by atoms with E-state index in [1.54, 1.807) is 25.1 Å². The minimum absolute atomic E-state index is 0.0104. The van der Waals surface area contributed by atoms with Crippen LogP contribution in [0, 0.1) is 6.92 Å². The summed E-state index contributed by atoms with van der Waals surface area (Å²) in [6.07, 6.45) is 0. The molecular formula is C10H14N2O2S. The van der Waals surface area contributed by atoms with Gasteiger partial charge in [-0.1, -0.05) is 18.2 Å². The lowest BCUT2D eigenvalue weighted by Gasteiger charge is -2.35. The summed E-state index contributed by atoms with van der Waals surface area (Å²) >= 11 is 0. The summed E-state index contributed by atoms with van der Waals surface area (Å²) in [7, 11) is -3.31. The monoisotopic (exact) mass is 226 g/mol. The highest BCUT2D eigenvalue weighted by Crippen LogP contribution is 2.22. The second-order valence-electron chi connectivity index (χ2n) is 3.85. The molecule has 1 aromatic carbocycles. The third-order valence-corrected chi connectivity index (χ3v) is 4.58. The molecule has 1 heterocycles. The molecule has 2 N–H and O–H groups in total. The van der Waals surface area contributed by atoms with Crippen molar-refractivity contribution in [3.05, 3.63) is 29.8 Å². The summed E-state index contributed by atoms with van der Waals surface area (Å²) in [6, 6.07) is 6.99. The third kappa shape index (κ3) is 1.78. The predicted molar refractivity (Wildman–Crippen MR) is 57.9 cm³/mol. The Morgan fingerprint density at radius 2 is 1.93 bits per heavy atom. The predicted octanol–water partition coefficient (Wildman–Crippen LogP) is 0.327. The van der Waals surface area contributed by atoms with Crippen molar-refractivity contribution in [2.45, 2.75) is 17.9 Å². The van der Waals surface area contributed by atoms with Gasteiger partial charge in [0.2, 0.25) is 10.0 Å². The maximum atomic E-state index is 12.1. The Bertz CT molecular complexity index is 464. The molecule has 1 saturated heterocycles. The van der Waals surface area contributed by atoms with Crippen molar-refractivity contribution in [1.82, 2.24) is 4.31 Å². The van der Waals surface area contributed by atoms with E-state index >= 15 is 0 Å². The van der Waals surface area contributed by atoms with Crippen LogP contribution < -0.4 is 5.73 Å². The lowest BCUT2D eigenvalue weighted by molar-refractivity contribution is 0.265. The van der Waals surface area contributed by atoms with Crippen LogP contribution in [0.2, 0.25) is 0 Å². The van der Waals surface area contributed by atoms with Gasteiger partial charge in [-0.3, -0.25) is 0 Å². The summed E-state index contributed by atoms with van der Waals surface area (Å²) in [6.45, 7) is 2.65. The quantitative estimate of drug-likeness (QED) is 0.790. The Kier molecular flexibility index (Phi) is 2.54. The Hall–Kier alpha value is -0.910. The van der Waals surface area contributed by atoms with Crippen LogP contribution >= 0.6 is 0 Å². The van der Waals surface area contributed by atoms with Crippen molar-refractivity contribution in [3.63, 3.8) is 0 Å². The zero-order valence-electron chi connectivity index (χ0n) is 8.55. The first-order valence-electron chi connectivity index (χ1n) is 4.83. The van der Waals surface area contributed by atoms with Crippen LogP contribution in [-0.4, -0.2) is 31.9 Å². The molecule has 5 heteroatoms. The van der Waals surface area contributed by atoms with Crippen molar-refractivity contribution in [2.24, 2.45) is 5.73 Å². The fourth-order valence-corrected chi connectivity index (χ4v) is 3.43. The van der Waals surface area contributed by atoms with Crippen molar-refractivity contribution < 1.29 is 8.42 Å². The van der Waals surface area contributed by atoms with Crippen LogP contribution in [0.3, 0.4) is 0 Å². The van der Waals surface area contributed by atoms with E-state index in [4.69, 9.17) is 5.73 Å². The molecule has 0 saturated carbocycles. The van der Waals surface area contributed by atoms with Gasteiger partial charge in [0.1, 0.15) is 0 Å². The first-order valence-corrected chi connectivity index (χ1v) is 6.27. The van der Waals surface area contributed by atoms with Gasteiger partial charge < -0.3 is 5.73 Å². The Morgan fingerprint density at radius 1 is 1.33 bits per heavy atom. The molecule has 0 aliphatic carbocycles. The highest BCUT2D eigenvalue weighted by atomic mass is 32.2. The van der Waals surface area contributed by atoms with Gasteiger partial charge in [0, 0.05) is 19.1 Å².